The van der Waals surface area contributed by atoms with Gasteiger partial charge in [-0.15, -0.1) is 0 Å². The van der Waals surface area contributed by atoms with Crippen LogP contribution in [0.2, 0.25) is 0 Å². The maximum atomic E-state index is 5.25. The number of hydrogen-bond donors (Lipinski definition) is 0. The first-order valence-corrected chi connectivity index (χ1v) is 18.3. The van der Waals surface area contributed by atoms with Crippen LogP contribution >= 0.6 is 0 Å². The molecule has 0 fully saturated rings. The fraction of sp³-hybridized carbons (Fsp3) is 0.122. The van der Waals surface area contributed by atoms with E-state index < -0.39 is 0 Å². The van der Waals surface area contributed by atoms with Gasteiger partial charge in [-0.25, -0.2) is 9.97 Å². The zero-order chi connectivity index (χ0) is 35.3. The van der Waals surface area contributed by atoms with E-state index in [1.54, 1.807) is 6.20 Å². The molecule has 0 amide bonds. The lowest BCUT2D eigenvalue weighted by Gasteiger charge is -2.23. The van der Waals surface area contributed by atoms with Crippen molar-refractivity contribution in [2.75, 3.05) is 0 Å². The van der Waals surface area contributed by atoms with Gasteiger partial charge in [0.15, 0.2) is 5.82 Å². The van der Waals surface area contributed by atoms with Gasteiger partial charge in [0, 0.05) is 23.5 Å². The Morgan fingerprint density at radius 3 is 2.29 bits per heavy atom. The predicted octanol–water partition coefficient (Wildman–Crippen LogP) is 12.8. The number of nitrogens with zero attached hydrogens (tertiary/aromatic N) is 3. The summed E-state index contributed by atoms with van der Waals surface area (Å²) in [5.41, 5.74) is 13.7. The Morgan fingerprint density at radius 1 is 0.712 bits per heavy atom. The molecule has 0 N–H and O–H groups in total. The van der Waals surface area contributed by atoms with Crippen molar-refractivity contribution in [3.63, 3.8) is 0 Å². The Hall–Kier alpha value is -6.19. The van der Waals surface area contributed by atoms with E-state index in [2.05, 4.69) is 164 Å². The number of benzene rings is 5. The van der Waals surface area contributed by atoms with Crippen molar-refractivity contribution in [1.82, 2.24) is 15.0 Å². The van der Waals surface area contributed by atoms with Gasteiger partial charge < -0.3 is 0 Å². The highest BCUT2D eigenvalue weighted by atomic mass is 14.9. The molecule has 3 nitrogen and oxygen atoms in total. The highest BCUT2D eigenvalue weighted by molar-refractivity contribution is 5.94. The van der Waals surface area contributed by atoms with Crippen molar-refractivity contribution in [3.8, 4) is 44.9 Å². The number of rotatable bonds is 9. The monoisotopic (exact) mass is 671 g/mol. The van der Waals surface area contributed by atoms with E-state index in [0.29, 0.717) is 11.7 Å². The fourth-order valence-electron chi connectivity index (χ4n) is 7.39. The molecule has 2 aromatic heterocycles. The minimum Gasteiger partial charge on any atom is -0.264 e. The first-order chi connectivity index (χ1) is 25.6. The molecule has 0 aliphatic heterocycles. The number of fused-ring (bicyclic) bond motifs is 3. The first kappa shape index (κ1) is 33.0. The fourth-order valence-corrected chi connectivity index (χ4v) is 7.39. The molecule has 0 spiro atoms. The summed E-state index contributed by atoms with van der Waals surface area (Å²) >= 11 is 0. The third kappa shape index (κ3) is 6.91. The maximum Gasteiger partial charge on any atom is 0.160 e. The van der Waals surface area contributed by atoms with Gasteiger partial charge in [-0.1, -0.05) is 153 Å². The van der Waals surface area contributed by atoms with Crippen molar-refractivity contribution in [3.05, 3.63) is 186 Å². The molecule has 0 saturated carbocycles. The summed E-state index contributed by atoms with van der Waals surface area (Å²) in [5.74, 6) is 1.20. The van der Waals surface area contributed by atoms with E-state index in [1.807, 2.05) is 18.3 Å². The smallest absolute Gasteiger partial charge is 0.160 e. The Labute approximate surface area is 306 Å². The van der Waals surface area contributed by atoms with Gasteiger partial charge in [0.25, 0.3) is 0 Å². The van der Waals surface area contributed by atoms with Crippen molar-refractivity contribution >= 4 is 22.4 Å². The third-order valence-corrected chi connectivity index (χ3v) is 9.97. The standard InChI is InChI=1S/C49H41N3/c1-3-13-37(18-10-20-41-31-40-17-7-8-23-44(40)45-24-9-14-34(2)48(41)45)46-32-47(38-27-25-36(26-28-38)43-22-12-29-50-33-43)52-49(51-46)42-21-11-19-39(30-42)35-15-5-4-6-16-35/h4-13,15-19,21-34H,3,14,20H2,1-2H3/b18-10-,37-13+. The van der Waals surface area contributed by atoms with Crippen LogP contribution < -0.4 is 0 Å². The van der Waals surface area contributed by atoms with Crippen LogP contribution in [0.15, 0.2) is 164 Å². The Morgan fingerprint density at radius 2 is 1.46 bits per heavy atom. The number of pyridine rings is 1. The lowest BCUT2D eigenvalue weighted by molar-refractivity contribution is 0.763. The van der Waals surface area contributed by atoms with Crippen LogP contribution in [0.25, 0.3) is 67.3 Å². The minimum atomic E-state index is 0.488. The van der Waals surface area contributed by atoms with Crippen LogP contribution in [0.5, 0.6) is 0 Å². The van der Waals surface area contributed by atoms with E-state index in [9.17, 15) is 0 Å². The Balaban J connectivity index is 1.19. The van der Waals surface area contributed by atoms with Crippen LogP contribution in [-0.4, -0.2) is 15.0 Å². The lowest BCUT2D eigenvalue weighted by atomic mass is 9.81. The quantitative estimate of drug-likeness (QED) is 0.143. The van der Waals surface area contributed by atoms with E-state index in [4.69, 9.17) is 9.97 Å². The molecule has 1 aliphatic carbocycles. The second-order valence-corrected chi connectivity index (χ2v) is 13.5. The average Bonchev–Trinajstić information content (AvgIpc) is 3.21. The van der Waals surface area contributed by atoms with E-state index in [0.717, 1.165) is 64.0 Å². The van der Waals surface area contributed by atoms with Gasteiger partial charge in [0.1, 0.15) is 0 Å². The molecule has 0 radical (unpaired) electrons. The van der Waals surface area contributed by atoms with Crippen LogP contribution in [0, 0.1) is 0 Å². The summed E-state index contributed by atoms with van der Waals surface area (Å²) in [5, 5.41) is 2.63. The largest absolute Gasteiger partial charge is 0.264 e. The van der Waals surface area contributed by atoms with Crippen LogP contribution in [0.1, 0.15) is 55.0 Å². The Kier molecular flexibility index (Phi) is 9.49. The average molecular weight is 672 g/mol. The predicted molar refractivity (Wildman–Crippen MR) is 219 cm³/mol. The van der Waals surface area contributed by atoms with E-state index >= 15 is 0 Å². The molecule has 0 saturated heterocycles. The summed E-state index contributed by atoms with van der Waals surface area (Å²) in [6.07, 6.45) is 18.0. The van der Waals surface area contributed by atoms with Crippen LogP contribution in [0.4, 0.5) is 0 Å². The number of aromatic nitrogens is 3. The summed E-state index contributed by atoms with van der Waals surface area (Å²) in [6, 6.07) is 45.0. The van der Waals surface area contributed by atoms with Crippen molar-refractivity contribution in [2.24, 2.45) is 0 Å². The normalized spacial score (nSPS) is 14.2. The third-order valence-electron chi connectivity index (χ3n) is 9.97. The topological polar surface area (TPSA) is 38.7 Å². The SMILES string of the molecule is CC/C=C(\C=C/Cc1cc2ccccc2c2c1C(C)CC=C2)c1cc(-c2ccc(-c3cccnc3)cc2)nc(-c2cccc(-c3ccccc3)c2)n1. The maximum absolute atomic E-state index is 5.25. The van der Waals surface area contributed by atoms with Gasteiger partial charge in [-0.2, -0.15) is 0 Å². The Bertz CT molecular complexity index is 2440. The van der Waals surface area contributed by atoms with E-state index in [-0.39, 0.29) is 0 Å². The van der Waals surface area contributed by atoms with Crippen molar-refractivity contribution < 1.29 is 0 Å². The van der Waals surface area contributed by atoms with Gasteiger partial charge in [0.2, 0.25) is 0 Å². The number of hydrogen-bond acceptors (Lipinski definition) is 3. The highest BCUT2D eigenvalue weighted by Crippen LogP contribution is 2.38. The molecule has 52 heavy (non-hydrogen) atoms. The van der Waals surface area contributed by atoms with Crippen LogP contribution in [-0.2, 0) is 6.42 Å². The zero-order valence-electron chi connectivity index (χ0n) is 29.7. The first-order valence-electron chi connectivity index (χ1n) is 18.3. The second-order valence-electron chi connectivity index (χ2n) is 13.5. The molecule has 1 unspecified atom stereocenters. The van der Waals surface area contributed by atoms with Gasteiger partial charge in [-0.3, -0.25) is 4.98 Å². The molecule has 252 valence electrons. The molecule has 1 aliphatic rings. The molecule has 8 rings (SSSR count). The molecule has 0 bridgehead atoms. The highest BCUT2D eigenvalue weighted by Gasteiger charge is 2.19. The second kappa shape index (κ2) is 15.0. The van der Waals surface area contributed by atoms with Gasteiger partial charge >= 0.3 is 0 Å². The van der Waals surface area contributed by atoms with Gasteiger partial charge in [0.05, 0.1) is 11.4 Å². The summed E-state index contributed by atoms with van der Waals surface area (Å²) in [4.78, 5) is 14.7. The van der Waals surface area contributed by atoms with E-state index in [1.165, 1.54) is 33.0 Å². The van der Waals surface area contributed by atoms with Gasteiger partial charge in [-0.05, 0) is 98.7 Å². The summed E-state index contributed by atoms with van der Waals surface area (Å²) in [6.45, 7) is 4.54. The summed E-state index contributed by atoms with van der Waals surface area (Å²) in [7, 11) is 0. The molecule has 1 atom stereocenters. The molecule has 5 aromatic carbocycles. The lowest BCUT2D eigenvalue weighted by Crippen LogP contribution is -2.05. The van der Waals surface area contributed by atoms with Crippen molar-refractivity contribution in [2.45, 2.75) is 39.0 Å². The molecule has 3 heteroatoms. The molecular formula is C49H41N3. The molecular weight excluding hydrogens is 631 g/mol. The summed E-state index contributed by atoms with van der Waals surface area (Å²) < 4.78 is 0. The number of allylic oxidation sites excluding steroid dienone is 5. The zero-order valence-corrected chi connectivity index (χ0v) is 29.7. The molecule has 7 aromatic rings. The van der Waals surface area contributed by atoms with Crippen molar-refractivity contribution in [1.29, 1.82) is 0 Å². The molecule has 2 heterocycles. The van der Waals surface area contributed by atoms with Crippen LogP contribution in [0.3, 0.4) is 0 Å². The minimum absolute atomic E-state index is 0.488.